The highest BCUT2D eigenvalue weighted by Gasteiger charge is 2.27. The maximum absolute atomic E-state index is 12.1. The zero-order valence-corrected chi connectivity index (χ0v) is 12.8. The molecule has 0 fully saturated rings. The molecule has 112 valence electrons. The first-order valence-corrected chi connectivity index (χ1v) is 7.86. The monoisotopic (exact) mass is 299 g/mol. The highest BCUT2D eigenvalue weighted by atomic mass is 32.2. The third kappa shape index (κ3) is 4.03. The Hall–Kier alpha value is -1.44. The van der Waals surface area contributed by atoms with Crippen molar-refractivity contribution in [2.24, 2.45) is 10.9 Å². The minimum Gasteiger partial charge on any atom is -0.324 e. The number of anilines is 1. The first-order chi connectivity index (χ1) is 9.08. The molecule has 0 saturated heterocycles. The Balaban J connectivity index is 3.07. The van der Waals surface area contributed by atoms with E-state index in [2.05, 4.69) is 5.32 Å². The molecule has 0 heterocycles. The van der Waals surface area contributed by atoms with Crippen LogP contribution in [0.4, 0.5) is 5.69 Å². The van der Waals surface area contributed by atoms with Gasteiger partial charge in [0.05, 0.1) is 10.4 Å². The molecule has 0 bridgehead atoms. The van der Waals surface area contributed by atoms with E-state index in [0.29, 0.717) is 12.1 Å². The molecular weight excluding hydrogens is 278 g/mol. The van der Waals surface area contributed by atoms with Gasteiger partial charge >= 0.3 is 0 Å². The highest BCUT2D eigenvalue weighted by Crippen LogP contribution is 2.21. The summed E-state index contributed by atoms with van der Waals surface area (Å²) in [5.41, 5.74) is 6.07. The number of benzene rings is 1. The summed E-state index contributed by atoms with van der Waals surface area (Å²) in [7, 11) is -3.81. The Morgan fingerprint density at radius 2 is 2.00 bits per heavy atom. The average molecular weight is 299 g/mol. The molecule has 0 spiro atoms. The van der Waals surface area contributed by atoms with Gasteiger partial charge in [-0.3, -0.25) is 4.79 Å². The summed E-state index contributed by atoms with van der Waals surface area (Å²) >= 11 is 0. The van der Waals surface area contributed by atoms with Crippen LogP contribution in [0.1, 0.15) is 32.3 Å². The zero-order valence-electron chi connectivity index (χ0n) is 11.9. The van der Waals surface area contributed by atoms with E-state index in [4.69, 9.17) is 10.9 Å². The van der Waals surface area contributed by atoms with E-state index in [1.165, 1.54) is 12.1 Å². The van der Waals surface area contributed by atoms with E-state index < -0.39 is 15.6 Å². The van der Waals surface area contributed by atoms with Crippen LogP contribution in [0.2, 0.25) is 0 Å². The lowest BCUT2D eigenvalue weighted by Crippen LogP contribution is -2.48. The van der Waals surface area contributed by atoms with Gasteiger partial charge in [0.25, 0.3) is 0 Å². The number of hydrogen-bond acceptors (Lipinski definition) is 4. The summed E-state index contributed by atoms with van der Waals surface area (Å²) in [6, 6.07) is 4.32. The Labute approximate surface area is 119 Å². The van der Waals surface area contributed by atoms with E-state index in [-0.39, 0.29) is 10.8 Å². The summed E-state index contributed by atoms with van der Waals surface area (Å²) in [5, 5.41) is 7.74. The molecular formula is C13H21N3O3S. The molecule has 1 unspecified atom stereocenters. The van der Waals surface area contributed by atoms with Crippen LogP contribution < -0.4 is 16.2 Å². The van der Waals surface area contributed by atoms with Gasteiger partial charge in [0, 0.05) is 5.69 Å². The summed E-state index contributed by atoms with van der Waals surface area (Å²) in [6.45, 7) is 5.34. The number of carbonyl (C=O) groups is 1. The molecule has 20 heavy (non-hydrogen) atoms. The van der Waals surface area contributed by atoms with E-state index in [1.807, 2.05) is 6.92 Å². The molecule has 6 nitrogen and oxygen atoms in total. The minimum absolute atomic E-state index is 0.0485. The van der Waals surface area contributed by atoms with Crippen molar-refractivity contribution < 1.29 is 13.2 Å². The third-order valence-corrected chi connectivity index (χ3v) is 3.98. The summed E-state index contributed by atoms with van der Waals surface area (Å²) in [4.78, 5) is 12.1. The van der Waals surface area contributed by atoms with E-state index in [9.17, 15) is 13.2 Å². The van der Waals surface area contributed by atoms with Gasteiger partial charge in [0.2, 0.25) is 15.9 Å². The number of nitrogens with two attached hydrogens (primary N) is 2. The van der Waals surface area contributed by atoms with Crippen molar-refractivity contribution in [1.82, 2.24) is 0 Å². The fourth-order valence-electron chi connectivity index (χ4n) is 1.81. The van der Waals surface area contributed by atoms with Crippen molar-refractivity contribution in [3.8, 4) is 0 Å². The Morgan fingerprint density at radius 1 is 1.40 bits per heavy atom. The van der Waals surface area contributed by atoms with Crippen LogP contribution in [0, 0.1) is 6.92 Å². The number of sulfonamides is 1. The Kier molecular flexibility index (Phi) is 4.90. The van der Waals surface area contributed by atoms with Crippen LogP contribution in [0.15, 0.2) is 23.1 Å². The number of primary sulfonamides is 1. The minimum atomic E-state index is -3.81. The van der Waals surface area contributed by atoms with Crippen molar-refractivity contribution in [1.29, 1.82) is 0 Å². The number of hydrogen-bond donors (Lipinski definition) is 3. The molecule has 0 aliphatic heterocycles. The Bertz CT molecular complexity index is 609. The predicted octanol–water partition coefficient (Wildman–Crippen LogP) is 1.10. The van der Waals surface area contributed by atoms with Crippen molar-refractivity contribution in [2.75, 3.05) is 5.32 Å². The van der Waals surface area contributed by atoms with E-state index >= 15 is 0 Å². The van der Waals surface area contributed by atoms with E-state index in [1.54, 1.807) is 19.9 Å². The quantitative estimate of drug-likeness (QED) is 0.755. The van der Waals surface area contributed by atoms with Gasteiger partial charge in [-0.15, -0.1) is 0 Å². The lowest BCUT2D eigenvalue weighted by atomic mass is 9.96. The lowest BCUT2D eigenvalue weighted by Gasteiger charge is -2.23. The fraction of sp³-hybridized carbons (Fsp3) is 0.462. The van der Waals surface area contributed by atoms with Crippen LogP contribution in [0.5, 0.6) is 0 Å². The molecule has 1 atom stereocenters. The van der Waals surface area contributed by atoms with Crippen molar-refractivity contribution in [3.63, 3.8) is 0 Å². The third-order valence-electron chi connectivity index (χ3n) is 3.07. The largest absolute Gasteiger partial charge is 0.324 e. The van der Waals surface area contributed by atoms with Gasteiger partial charge in [0.15, 0.2) is 0 Å². The van der Waals surface area contributed by atoms with Gasteiger partial charge in [-0.05, 0) is 38.0 Å². The Morgan fingerprint density at radius 3 is 2.50 bits per heavy atom. The van der Waals surface area contributed by atoms with Crippen LogP contribution >= 0.6 is 0 Å². The molecule has 1 aromatic rings. The lowest BCUT2D eigenvalue weighted by molar-refractivity contribution is -0.120. The average Bonchev–Trinajstić information content (AvgIpc) is 2.30. The van der Waals surface area contributed by atoms with Crippen molar-refractivity contribution in [2.45, 2.75) is 44.0 Å². The first kappa shape index (κ1) is 16.6. The molecule has 0 radical (unpaired) electrons. The van der Waals surface area contributed by atoms with Gasteiger partial charge in [-0.2, -0.15) is 0 Å². The summed E-state index contributed by atoms with van der Waals surface area (Å²) in [5.74, 6) is -0.353. The highest BCUT2D eigenvalue weighted by molar-refractivity contribution is 7.89. The summed E-state index contributed by atoms with van der Waals surface area (Å²) in [6.07, 6.45) is 1.31. The molecule has 1 amide bonds. The summed E-state index contributed by atoms with van der Waals surface area (Å²) < 4.78 is 22.6. The fourth-order valence-corrected chi connectivity index (χ4v) is 2.35. The molecule has 0 aromatic heterocycles. The molecule has 0 saturated carbocycles. The van der Waals surface area contributed by atoms with Crippen LogP contribution in [-0.4, -0.2) is 19.9 Å². The molecule has 1 rings (SSSR count). The predicted molar refractivity (Wildman–Crippen MR) is 78.7 cm³/mol. The number of nitrogens with one attached hydrogen (secondary N) is 1. The number of amides is 1. The number of rotatable bonds is 5. The second-order valence-electron chi connectivity index (χ2n) is 5.14. The molecule has 1 aromatic carbocycles. The van der Waals surface area contributed by atoms with Gasteiger partial charge < -0.3 is 11.1 Å². The van der Waals surface area contributed by atoms with Crippen molar-refractivity contribution >= 4 is 21.6 Å². The smallest absolute Gasteiger partial charge is 0.244 e. The van der Waals surface area contributed by atoms with Gasteiger partial charge in [-0.1, -0.05) is 19.4 Å². The molecule has 0 aliphatic carbocycles. The topological polar surface area (TPSA) is 115 Å². The SMILES string of the molecule is CCCC(C)(N)C(=O)Nc1cc(S(N)(=O)=O)ccc1C. The van der Waals surface area contributed by atoms with E-state index in [0.717, 1.165) is 12.0 Å². The molecule has 7 heteroatoms. The molecule has 0 aliphatic rings. The zero-order chi connectivity index (χ0) is 15.6. The van der Waals surface area contributed by atoms with Crippen LogP contribution in [-0.2, 0) is 14.8 Å². The van der Waals surface area contributed by atoms with Crippen LogP contribution in [0.3, 0.4) is 0 Å². The maximum atomic E-state index is 12.1. The van der Waals surface area contributed by atoms with Gasteiger partial charge in [0.1, 0.15) is 0 Å². The number of carbonyl (C=O) groups excluding carboxylic acids is 1. The van der Waals surface area contributed by atoms with Crippen LogP contribution in [0.25, 0.3) is 0 Å². The normalized spacial score (nSPS) is 14.7. The van der Waals surface area contributed by atoms with Gasteiger partial charge in [-0.25, -0.2) is 13.6 Å². The second kappa shape index (κ2) is 5.90. The first-order valence-electron chi connectivity index (χ1n) is 6.31. The second-order valence-corrected chi connectivity index (χ2v) is 6.70. The van der Waals surface area contributed by atoms with Crippen molar-refractivity contribution in [3.05, 3.63) is 23.8 Å². The standard InChI is InChI=1S/C13H21N3O3S/c1-4-7-13(3,14)12(17)16-11-8-10(20(15,18)19)6-5-9(11)2/h5-6,8H,4,7,14H2,1-3H3,(H,16,17)(H2,15,18,19). The number of aryl methyl sites for hydroxylation is 1. The maximum Gasteiger partial charge on any atom is 0.244 e. The molecule has 5 N–H and O–H groups in total.